The fourth-order valence-corrected chi connectivity index (χ4v) is 3.10. The lowest BCUT2D eigenvalue weighted by molar-refractivity contribution is 0.0668. The minimum absolute atomic E-state index is 0.153. The van der Waals surface area contributed by atoms with E-state index in [4.69, 9.17) is 5.73 Å². The molecule has 1 saturated heterocycles. The number of carbonyl (C=O) groups excluding carboxylic acids is 1. The molecule has 0 aliphatic carbocycles. The van der Waals surface area contributed by atoms with Crippen LogP contribution in [0.2, 0.25) is 0 Å². The summed E-state index contributed by atoms with van der Waals surface area (Å²) in [6, 6.07) is 5.81. The van der Waals surface area contributed by atoms with Crippen LogP contribution in [-0.2, 0) is 0 Å². The molecule has 0 spiro atoms. The van der Waals surface area contributed by atoms with Crippen molar-refractivity contribution in [1.82, 2.24) is 4.90 Å². The fourth-order valence-electron chi connectivity index (χ4n) is 2.73. The first-order valence-corrected chi connectivity index (χ1v) is 7.67. The predicted octanol–water partition coefficient (Wildman–Crippen LogP) is 2.96. The Morgan fingerprint density at radius 2 is 2.32 bits per heavy atom. The lowest BCUT2D eigenvalue weighted by Gasteiger charge is -2.33. The van der Waals surface area contributed by atoms with Crippen molar-refractivity contribution in [1.29, 1.82) is 0 Å². The average molecular weight is 325 g/mol. The molecule has 0 saturated carbocycles. The maximum atomic E-state index is 12.6. The highest BCUT2D eigenvalue weighted by molar-refractivity contribution is 9.10. The molecule has 1 aromatic carbocycles. The van der Waals surface area contributed by atoms with Crippen molar-refractivity contribution < 1.29 is 4.79 Å². The molecule has 0 aromatic heterocycles. The zero-order valence-corrected chi connectivity index (χ0v) is 12.9. The third kappa shape index (κ3) is 3.37. The Labute approximate surface area is 123 Å². The van der Waals surface area contributed by atoms with E-state index in [0.717, 1.165) is 41.5 Å². The first-order chi connectivity index (χ1) is 9.13. The molecule has 1 fully saturated rings. The van der Waals surface area contributed by atoms with Crippen molar-refractivity contribution in [3.63, 3.8) is 0 Å². The van der Waals surface area contributed by atoms with Gasteiger partial charge in [0.1, 0.15) is 0 Å². The van der Waals surface area contributed by atoms with Crippen LogP contribution in [0.5, 0.6) is 0 Å². The van der Waals surface area contributed by atoms with E-state index in [1.807, 2.05) is 30.0 Å². The van der Waals surface area contributed by atoms with Crippen LogP contribution in [0.25, 0.3) is 0 Å². The van der Waals surface area contributed by atoms with Gasteiger partial charge in [0.15, 0.2) is 0 Å². The summed E-state index contributed by atoms with van der Waals surface area (Å²) in [4.78, 5) is 14.6. The van der Waals surface area contributed by atoms with Crippen molar-refractivity contribution in [2.75, 3.05) is 19.6 Å². The van der Waals surface area contributed by atoms with Gasteiger partial charge < -0.3 is 10.6 Å². The third-order valence-corrected chi connectivity index (χ3v) is 4.74. The van der Waals surface area contributed by atoms with Gasteiger partial charge >= 0.3 is 0 Å². The number of rotatable bonds is 3. The Hall–Kier alpha value is -0.870. The molecule has 1 aliphatic rings. The molecule has 1 aliphatic heterocycles. The molecule has 2 rings (SSSR count). The van der Waals surface area contributed by atoms with Gasteiger partial charge in [-0.2, -0.15) is 0 Å². The van der Waals surface area contributed by atoms with E-state index >= 15 is 0 Å². The van der Waals surface area contributed by atoms with Crippen LogP contribution in [0.1, 0.15) is 35.2 Å². The van der Waals surface area contributed by atoms with E-state index in [0.29, 0.717) is 12.5 Å². The Balaban J connectivity index is 2.12. The number of nitrogens with two attached hydrogens (primary N) is 1. The number of halogens is 1. The summed E-state index contributed by atoms with van der Waals surface area (Å²) in [6.45, 7) is 4.41. The predicted molar refractivity (Wildman–Crippen MR) is 81.2 cm³/mol. The summed E-state index contributed by atoms with van der Waals surface area (Å²) in [7, 11) is 0. The zero-order chi connectivity index (χ0) is 13.8. The van der Waals surface area contributed by atoms with Crippen LogP contribution in [0, 0.1) is 12.8 Å². The molecule has 104 valence electrons. The van der Waals surface area contributed by atoms with Crippen LogP contribution in [-0.4, -0.2) is 30.4 Å². The minimum Gasteiger partial charge on any atom is -0.338 e. The number of amides is 1. The lowest BCUT2D eigenvalue weighted by Crippen LogP contribution is -2.40. The SMILES string of the molecule is Cc1c(Br)cccc1C(=O)N1CCCC(CCN)C1. The minimum atomic E-state index is 0.153. The number of piperidine rings is 1. The summed E-state index contributed by atoms with van der Waals surface area (Å²) in [5, 5.41) is 0. The molecule has 2 N–H and O–H groups in total. The van der Waals surface area contributed by atoms with Gasteiger partial charge in [-0.3, -0.25) is 4.79 Å². The molecule has 1 atom stereocenters. The van der Waals surface area contributed by atoms with Crippen molar-refractivity contribution in [3.05, 3.63) is 33.8 Å². The Morgan fingerprint density at radius 3 is 3.05 bits per heavy atom. The average Bonchev–Trinajstić information content (AvgIpc) is 2.42. The van der Waals surface area contributed by atoms with Crippen molar-refractivity contribution in [2.24, 2.45) is 11.7 Å². The number of likely N-dealkylation sites (tertiary alicyclic amines) is 1. The van der Waals surface area contributed by atoms with E-state index in [-0.39, 0.29) is 5.91 Å². The highest BCUT2D eigenvalue weighted by Gasteiger charge is 2.25. The van der Waals surface area contributed by atoms with Crippen LogP contribution < -0.4 is 5.73 Å². The van der Waals surface area contributed by atoms with Gasteiger partial charge in [-0.15, -0.1) is 0 Å². The summed E-state index contributed by atoms with van der Waals surface area (Å²) in [5.74, 6) is 0.718. The maximum Gasteiger partial charge on any atom is 0.254 e. The first kappa shape index (κ1) is 14.5. The Morgan fingerprint density at radius 1 is 1.53 bits per heavy atom. The second-order valence-electron chi connectivity index (χ2n) is 5.25. The van der Waals surface area contributed by atoms with Crippen LogP contribution in [0.15, 0.2) is 22.7 Å². The molecule has 3 nitrogen and oxygen atoms in total. The Bertz CT molecular complexity index is 459. The van der Waals surface area contributed by atoms with Gasteiger partial charge in [0.2, 0.25) is 0 Å². The van der Waals surface area contributed by atoms with E-state index in [1.165, 1.54) is 6.42 Å². The molecule has 1 heterocycles. The molecule has 0 bridgehead atoms. The molecular formula is C15H21BrN2O. The van der Waals surface area contributed by atoms with Gasteiger partial charge in [0.25, 0.3) is 5.91 Å². The van der Waals surface area contributed by atoms with E-state index in [9.17, 15) is 4.79 Å². The summed E-state index contributed by atoms with van der Waals surface area (Å²) >= 11 is 3.49. The fraction of sp³-hybridized carbons (Fsp3) is 0.533. The summed E-state index contributed by atoms with van der Waals surface area (Å²) in [6.07, 6.45) is 3.29. The monoisotopic (exact) mass is 324 g/mol. The number of nitrogens with zero attached hydrogens (tertiary/aromatic N) is 1. The normalized spacial score (nSPS) is 19.5. The van der Waals surface area contributed by atoms with Gasteiger partial charge in [-0.25, -0.2) is 0 Å². The molecule has 1 unspecified atom stereocenters. The number of carbonyl (C=O) groups is 1. The third-order valence-electron chi connectivity index (χ3n) is 3.88. The Kier molecular flexibility index (Phi) is 4.99. The molecule has 0 radical (unpaired) electrons. The van der Waals surface area contributed by atoms with Crippen LogP contribution >= 0.6 is 15.9 Å². The molecule has 19 heavy (non-hydrogen) atoms. The zero-order valence-electron chi connectivity index (χ0n) is 11.4. The quantitative estimate of drug-likeness (QED) is 0.929. The lowest BCUT2D eigenvalue weighted by atomic mass is 9.94. The van der Waals surface area contributed by atoms with Gasteiger partial charge in [0, 0.05) is 23.1 Å². The van der Waals surface area contributed by atoms with Crippen LogP contribution in [0.3, 0.4) is 0 Å². The summed E-state index contributed by atoms with van der Waals surface area (Å²) in [5.41, 5.74) is 7.46. The van der Waals surface area contributed by atoms with Crippen molar-refractivity contribution in [3.8, 4) is 0 Å². The first-order valence-electron chi connectivity index (χ1n) is 6.88. The number of benzene rings is 1. The number of hydrogen-bond donors (Lipinski definition) is 1. The highest BCUT2D eigenvalue weighted by atomic mass is 79.9. The van der Waals surface area contributed by atoms with Crippen LogP contribution in [0.4, 0.5) is 0 Å². The van der Waals surface area contributed by atoms with Gasteiger partial charge in [-0.05, 0) is 56.3 Å². The smallest absolute Gasteiger partial charge is 0.254 e. The van der Waals surface area contributed by atoms with E-state index in [2.05, 4.69) is 15.9 Å². The summed E-state index contributed by atoms with van der Waals surface area (Å²) < 4.78 is 0.994. The largest absolute Gasteiger partial charge is 0.338 e. The van der Waals surface area contributed by atoms with Gasteiger partial charge in [-0.1, -0.05) is 22.0 Å². The highest BCUT2D eigenvalue weighted by Crippen LogP contribution is 2.24. The van der Waals surface area contributed by atoms with Crippen molar-refractivity contribution >= 4 is 21.8 Å². The van der Waals surface area contributed by atoms with E-state index < -0.39 is 0 Å². The topological polar surface area (TPSA) is 46.3 Å². The molecule has 1 aromatic rings. The van der Waals surface area contributed by atoms with Crippen molar-refractivity contribution in [2.45, 2.75) is 26.2 Å². The molecule has 1 amide bonds. The van der Waals surface area contributed by atoms with E-state index in [1.54, 1.807) is 0 Å². The second kappa shape index (κ2) is 6.53. The molecule has 4 heteroatoms. The molecular weight excluding hydrogens is 304 g/mol. The number of hydrogen-bond acceptors (Lipinski definition) is 2. The maximum absolute atomic E-state index is 12.6. The van der Waals surface area contributed by atoms with Gasteiger partial charge in [0.05, 0.1) is 0 Å². The second-order valence-corrected chi connectivity index (χ2v) is 6.10. The standard InChI is InChI=1S/C15H21BrN2O/c1-11-13(5-2-6-14(11)16)15(19)18-9-3-4-12(10-18)7-8-17/h2,5-6,12H,3-4,7-10,17H2,1H3.